The molecule has 6 heteroatoms. The fraction of sp³-hybridized carbons (Fsp3) is 0.167. The summed E-state index contributed by atoms with van der Waals surface area (Å²) in [6.45, 7) is 0.670. The van der Waals surface area contributed by atoms with Crippen LogP contribution in [0.15, 0.2) is 47.8 Å². The second-order valence-corrected chi connectivity index (χ2v) is 8.34. The van der Waals surface area contributed by atoms with Crippen LogP contribution in [0, 0.1) is 0 Å². The highest BCUT2D eigenvalue weighted by molar-refractivity contribution is 7.16. The lowest BCUT2D eigenvalue weighted by molar-refractivity contribution is 0.0700. The largest absolute Gasteiger partial charge is 0.508 e. The van der Waals surface area contributed by atoms with Crippen molar-refractivity contribution in [3.05, 3.63) is 73.1 Å². The number of benzene rings is 1. The Labute approximate surface area is 152 Å². The summed E-state index contributed by atoms with van der Waals surface area (Å²) >= 11 is 9.34. The second kappa shape index (κ2) is 6.24. The molecule has 1 aromatic carbocycles. The van der Waals surface area contributed by atoms with Crippen LogP contribution in [0.2, 0.25) is 4.34 Å². The fourth-order valence-corrected chi connectivity index (χ4v) is 5.39. The molecule has 0 fully saturated rings. The molecule has 3 nitrogen and oxygen atoms in total. The first-order valence-corrected chi connectivity index (χ1v) is 9.62. The van der Waals surface area contributed by atoms with Gasteiger partial charge in [-0.3, -0.25) is 4.79 Å². The predicted octanol–water partition coefficient (Wildman–Crippen LogP) is 4.96. The fourth-order valence-electron chi connectivity index (χ4n) is 3.05. The van der Waals surface area contributed by atoms with Gasteiger partial charge >= 0.3 is 0 Å². The Balaban J connectivity index is 1.76. The van der Waals surface area contributed by atoms with Gasteiger partial charge in [0.05, 0.1) is 4.34 Å². The van der Waals surface area contributed by atoms with E-state index in [0.29, 0.717) is 12.1 Å². The molecule has 3 heterocycles. The molecular weight excluding hydrogens is 362 g/mol. The molecule has 24 heavy (non-hydrogen) atoms. The summed E-state index contributed by atoms with van der Waals surface area (Å²) in [4.78, 5) is 17.3. The van der Waals surface area contributed by atoms with Gasteiger partial charge in [-0.15, -0.1) is 22.7 Å². The molecule has 0 radical (unpaired) electrons. The van der Waals surface area contributed by atoms with Crippen molar-refractivity contribution < 1.29 is 9.90 Å². The first-order chi connectivity index (χ1) is 11.6. The molecule has 1 N–H and O–H groups in total. The third-order valence-electron chi connectivity index (χ3n) is 4.20. The summed E-state index contributed by atoms with van der Waals surface area (Å²) in [7, 11) is 0. The van der Waals surface area contributed by atoms with Gasteiger partial charge in [-0.05, 0) is 59.8 Å². The molecule has 1 atom stereocenters. The number of halogens is 1. The Bertz CT molecular complexity index is 885. The third-order valence-corrected chi connectivity index (χ3v) is 6.50. The van der Waals surface area contributed by atoms with E-state index in [-0.39, 0.29) is 17.7 Å². The average molecular weight is 376 g/mol. The summed E-state index contributed by atoms with van der Waals surface area (Å²) in [6, 6.07) is 12.4. The zero-order valence-electron chi connectivity index (χ0n) is 12.6. The number of fused-ring (bicyclic) bond motifs is 1. The van der Waals surface area contributed by atoms with Crippen molar-refractivity contribution in [2.75, 3.05) is 6.54 Å². The van der Waals surface area contributed by atoms with E-state index in [1.807, 2.05) is 17.0 Å². The van der Waals surface area contributed by atoms with Gasteiger partial charge in [0.25, 0.3) is 5.91 Å². The SMILES string of the molecule is O=C(c1ccc(O)cc1)N1CCc2ccsc2C1c1ccc(Cl)s1. The minimum absolute atomic E-state index is 0.0245. The number of carbonyl (C=O) groups is 1. The highest BCUT2D eigenvalue weighted by Gasteiger charge is 2.34. The van der Waals surface area contributed by atoms with E-state index in [4.69, 9.17) is 11.6 Å². The lowest BCUT2D eigenvalue weighted by Gasteiger charge is -2.35. The Kier molecular flexibility index (Phi) is 4.08. The number of rotatable bonds is 2. The van der Waals surface area contributed by atoms with Gasteiger partial charge < -0.3 is 10.0 Å². The molecule has 0 spiro atoms. The summed E-state index contributed by atoms with van der Waals surface area (Å²) in [5.74, 6) is 0.135. The van der Waals surface area contributed by atoms with Crippen molar-refractivity contribution in [1.29, 1.82) is 0 Å². The topological polar surface area (TPSA) is 40.5 Å². The number of phenols is 1. The van der Waals surface area contributed by atoms with Crippen LogP contribution in [-0.2, 0) is 6.42 Å². The van der Waals surface area contributed by atoms with Gasteiger partial charge in [0.2, 0.25) is 0 Å². The van der Waals surface area contributed by atoms with Gasteiger partial charge in [-0.1, -0.05) is 11.6 Å². The minimum Gasteiger partial charge on any atom is -0.508 e. The molecule has 0 aliphatic carbocycles. The van der Waals surface area contributed by atoms with E-state index in [2.05, 4.69) is 11.4 Å². The van der Waals surface area contributed by atoms with Gasteiger partial charge in [0.15, 0.2) is 0 Å². The van der Waals surface area contributed by atoms with Crippen LogP contribution in [-0.4, -0.2) is 22.5 Å². The van der Waals surface area contributed by atoms with Crippen molar-refractivity contribution >= 4 is 40.2 Å². The van der Waals surface area contributed by atoms with Gasteiger partial charge in [0.1, 0.15) is 11.8 Å². The summed E-state index contributed by atoms with van der Waals surface area (Å²) < 4.78 is 0.728. The molecule has 1 aliphatic rings. The molecule has 3 aromatic rings. The number of amides is 1. The molecule has 0 saturated carbocycles. The number of thiophene rings is 2. The first kappa shape index (κ1) is 15.7. The van der Waals surface area contributed by atoms with E-state index in [0.717, 1.165) is 15.6 Å². The lowest BCUT2D eigenvalue weighted by atomic mass is 9.99. The average Bonchev–Trinajstić information content (AvgIpc) is 3.22. The standard InChI is InChI=1S/C18H14ClNO2S2/c19-15-6-5-14(24-15)16-17-11(8-10-23-17)7-9-20(16)18(22)12-1-3-13(21)4-2-12/h1-6,8,10,16,21H,7,9H2. The number of hydrogen-bond acceptors (Lipinski definition) is 4. The number of carbonyl (C=O) groups excluding carboxylic acids is 1. The Morgan fingerprint density at radius 1 is 1.17 bits per heavy atom. The van der Waals surface area contributed by atoms with Crippen molar-refractivity contribution in [2.45, 2.75) is 12.5 Å². The molecule has 1 unspecified atom stereocenters. The van der Waals surface area contributed by atoms with Gasteiger partial charge in [0, 0.05) is 21.9 Å². The molecule has 1 amide bonds. The lowest BCUT2D eigenvalue weighted by Crippen LogP contribution is -2.39. The predicted molar refractivity (Wildman–Crippen MR) is 98.3 cm³/mol. The van der Waals surface area contributed by atoms with Crippen LogP contribution >= 0.6 is 34.3 Å². The van der Waals surface area contributed by atoms with Crippen molar-refractivity contribution in [2.24, 2.45) is 0 Å². The molecule has 4 rings (SSSR count). The Morgan fingerprint density at radius 3 is 2.67 bits per heavy atom. The Hall–Kier alpha value is -1.82. The zero-order valence-corrected chi connectivity index (χ0v) is 15.0. The van der Waals surface area contributed by atoms with E-state index in [1.165, 1.54) is 21.8 Å². The smallest absolute Gasteiger partial charge is 0.254 e. The van der Waals surface area contributed by atoms with Crippen LogP contribution in [0.4, 0.5) is 0 Å². The van der Waals surface area contributed by atoms with Gasteiger partial charge in [-0.2, -0.15) is 0 Å². The molecule has 122 valence electrons. The maximum Gasteiger partial charge on any atom is 0.254 e. The summed E-state index contributed by atoms with van der Waals surface area (Å²) in [5.41, 5.74) is 1.89. The highest BCUT2D eigenvalue weighted by Crippen LogP contribution is 2.42. The molecule has 0 bridgehead atoms. The molecule has 2 aromatic heterocycles. The summed E-state index contributed by atoms with van der Waals surface area (Å²) in [6.07, 6.45) is 0.859. The Morgan fingerprint density at radius 2 is 1.96 bits per heavy atom. The first-order valence-electron chi connectivity index (χ1n) is 7.55. The zero-order chi connectivity index (χ0) is 16.7. The number of nitrogens with zero attached hydrogens (tertiary/aromatic N) is 1. The number of aromatic hydroxyl groups is 1. The highest BCUT2D eigenvalue weighted by atomic mass is 35.5. The molecule has 1 aliphatic heterocycles. The second-order valence-electron chi connectivity index (χ2n) is 5.65. The maximum absolute atomic E-state index is 13.1. The van der Waals surface area contributed by atoms with Crippen molar-refractivity contribution in [3.63, 3.8) is 0 Å². The van der Waals surface area contributed by atoms with Crippen LogP contribution in [0.5, 0.6) is 5.75 Å². The minimum atomic E-state index is -0.0902. The normalized spacial score (nSPS) is 16.9. The van der Waals surface area contributed by atoms with E-state index >= 15 is 0 Å². The van der Waals surface area contributed by atoms with Crippen molar-refractivity contribution in [3.8, 4) is 5.75 Å². The number of hydrogen-bond donors (Lipinski definition) is 1. The van der Waals surface area contributed by atoms with E-state index in [9.17, 15) is 9.90 Å². The summed E-state index contributed by atoms with van der Waals surface area (Å²) in [5, 5.41) is 11.5. The third kappa shape index (κ3) is 2.73. The van der Waals surface area contributed by atoms with E-state index < -0.39 is 0 Å². The van der Waals surface area contributed by atoms with E-state index in [1.54, 1.807) is 35.6 Å². The van der Waals surface area contributed by atoms with Gasteiger partial charge in [-0.25, -0.2) is 0 Å². The van der Waals surface area contributed by atoms with Crippen molar-refractivity contribution in [1.82, 2.24) is 4.90 Å². The maximum atomic E-state index is 13.1. The van der Waals surface area contributed by atoms with Crippen LogP contribution < -0.4 is 0 Å². The number of phenolic OH excluding ortho intramolecular Hbond substituents is 1. The molecular formula is C18H14ClNO2S2. The quantitative estimate of drug-likeness (QED) is 0.688. The van der Waals surface area contributed by atoms with Crippen LogP contribution in [0.1, 0.15) is 31.7 Å². The molecule has 0 saturated heterocycles. The monoisotopic (exact) mass is 375 g/mol. The van der Waals surface area contributed by atoms with Crippen LogP contribution in [0.3, 0.4) is 0 Å². The van der Waals surface area contributed by atoms with Crippen LogP contribution in [0.25, 0.3) is 0 Å².